The van der Waals surface area contributed by atoms with E-state index in [1.165, 1.54) is 6.20 Å². The Morgan fingerprint density at radius 1 is 1.56 bits per heavy atom. The van der Waals surface area contributed by atoms with Crippen LogP contribution < -0.4 is 4.74 Å². The Kier molecular flexibility index (Phi) is 3.96. The van der Waals surface area contributed by atoms with Crippen LogP contribution in [0.5, 0.6) is 5.88 Å². The Morgan fingerprint density at radius 3 is 2.69 bits per heavy atom. The zero-order valence-electron chi connectivity index (χ0n) is 8.10. The number of nitriles is 1. The second-order valence-corrected chi connectivity index (χ2v) is 4.00. The standard InChI is InChI=1S/C9H6F3IN2O/c1-5-4-15-8(16-9(10,11)12)6(2-3-14)7(5)13/h4H,2H2,1H3. The second kappa shape index (κ2) is 4.86. The summed E-state index contributed by atoms with van der Waals surface area (Å²) in [5.41, 5.74) is 0.876. The first-order chi connectivity index (χ1) is 7.35. The van der Waals surface area contributed by atoms with E-state index in [9.17, 15) is 13.2 Å². The lowest BCUT2D eigenvalue weighted by Crippen LogP contribution is -2.19. The molecule has 0 aliphatic heterocycles. The molecule has 1 heterocycles. The van der Waals surface area contributed by atoms with Crippen molar-refractivity contribution in [1.29, 1.82) is 5.26 Å². The van der Waals surface area contributed by atoms with Crippen molar-refractivity contribution in [3.8, 4) is 11.9 Å². The van der Waals surface area contributed by atoms with Crippen LogP contribution in [0.4, 0.5) is 13.2 Å². The molecular formula is C9H6F3IN2O. The van der Waals surface area contributed by atoms with E-state index in [-0.39, 0.29) is 12.0 Å². The molecular weight excluding hydrogens is 336 g/mol. The maximum atomic E-state index is 12.0. The summed E-state index contributed by atoms with van der Waals surface area (Å²) in [6.07, 6.45) is -3.68. The van der Waals surface area contributed by atoms with Crippen LogP contribution >= 0.6 is 22.6 Å². The Hall–Kier alpha value is -1.04. The van der Waals surface area contributed by atoms with Gasteiger partial charge in [0.1, 0.15) is 0 Å². The third-order valence-electron chi connectivity index (χ3n) is 1.71. The van der Waals surface area contributed by atoms with Gasteiger partial charge in [-0.05, 0) is 35.1 Å². The highest BCUT2D eigenvalue weighted by Gasteiger charge is 2.33. The topological polar surface area (TPSA) is 45.9 Å². The van der Waals surface area contributed by atoms with E-state index < -0.39 is 12.2 Å². The molecule has 3 nitrogen and oxygen atoms in total. The lowest BCUT2D eigenvalue weighted by molar-refractivity contribution is -0.276. The predicted molar refractivity (Wildman–Crippen MR) is 57.7 cm³/mol. The SMILES string of the molecule is Cc1cnc(OC(F)(F)F)c(CC#N)c1I. The molecule has 7 heteroatoms. The second-order valence-electron chi connectivity index (χ2n) is 2.92. The molecule has 0 amide bonds. The quantitative estimate of drug-likeness (QED) is 0.777. The fraction of sp³-hybridized carbons (Fsp3) is 0.333. The first-order valence-corrected chi connectivity index (χ1v) is 5.19. The highest BCUT2D eigenvalue weighted by Crippen LogP contribution is 2.29. The van der Waals surface area contributed by atoms with Crippen molar-refractivity contribution >= 4 is 22.6 Å². The highest BCUT2D eigenvalue weighted by molar-refractivity contribution is 14.1. The van der Waals surface area contributed by atoms with Crippen LogP contribution in [-0.4, -0.2) is 11.3 Å². The molecule has 1 aromatic rings. The molecule has 0 saturated heterocycles. The lowest BCUT2D eigenvalue weighted by Gasteiger charge is -2.12. The number of rotatable bonds is 2. The Bertz CT molecular complexity index is 440. The number of hydrogen-bond acceptors (Lipinski definition) is 3. The van der Waals surface area contributed by atoms with E-state index >= 15 is 0 Å². The minimum Gasteiger partial charge on any atom is -0.388 e. The first kappa shape index (κ1) is 13.0. The van der Waals surface area contributed by atoms with E-state index in [1.54, 1.807) is 13.0 Å². The zero-order chi connectivity index (χ0) is 12.3. The first-order valence-electron chi connectivity index (χ1n) is 4.12. The van der Waals surface area contributed by atoms with Gasteiger partial charge in [-0.25, -0.2) is 4.98 Å². The van der Waals surface area contributed by atoms with Crippen LogP contribution in [-0.2, 0) is 6.42 Å². The van der Waals surface area contributed by atoms with Gasteiger partial charge in [-0.3, -0.25) is 0 Å². The van der Waals surface area contributed by atoms with Gasteiger partial charge in [0, 0.05) is 15.3 Å². The molecule has 0 atom stereocenters. The summed E-state index contributed by atoms with van der Waals surface area (Å²) in [6, 6.07) is 1.79. The normalized spacial score (nSPS) is 11.0. The van der Waals surface area contributed by atoms with Crippen LogP contribution in [0.15, 0.2) is 6.20 Å². The van der Waals surface area contributed by atoms with E-state index in [0.29, 0.717) is 9.13 Å². The average Bonchev–Trinajstić information content (AvgIpc) is 2.15. The van der Waals surface area contributed by atoms with Crippen molar-refractivity contribution in [2.24, 2.45) is 0 Å². The maximum Gasteiger partial charge on any atom is 0.574 e. The monoisotopic (exact) mass is 342 g/mol. The summed E-state index contributed by atoms with van der Waals surface area (Å²) in [7, 11) is 0. The highest BCUT2D eigenvalue weighted by atomic mass is 127. The summed E-state index contributed by atoms with van der Waals surface area (Å²) in [6.45, 7) is 1.70. The molecule has 0 fully saturated rings. The van der Waals surface area contributed by atoms with Crippen LogP contribution in [0.1, 0.15) is 11.1 Å². The molecule has 16 heavy (non-hydrogen) atoms. The van der Waals surface area contributed by atoms with Crippen LogP contribution in [0, 0.1) is 21.8 Å². The van der Waals surface area contributed by atoms with E-state index in [1.807, 2.05) is 22.6 Å². The number of halogens is 4. The van der Waals surface area contributed by atoms with Crippen molar-refractivity contribution in [2.45, 2.75) is 19.7 Å². The van der Waals surface area contributed by atoms with Gasteiger partial charge in [0.05, 0.1) is 12.5 Å². The molecule has 0 aromatic carbocycles. The van der Waals surface area contributed by atoms with Gasteiger partial charge in [0.25, 0.3) is 0 Å². The Morgan fingerprint density at radius 2 is 2.19 bits per heavy atom. The van der Waals surface area contributed by atoms with Gasteiger partial charge in [-0.15, -0.1) is 13.2 Å². The van der Waals surface area contributed by atoms with Crippen LogP contribution in [0.2, 0.25) is 0 Å². The molecule has 86 valence electrons. The number of pyridine rings is 1. The van der Waals surface area contributed by atoms with Crippen LogP contribution in [0.25, 0.3) is 0 Å². The molecule has 0 aliphatic carbocycles. The molecule has 1 aromatic heterocycles. The molecule has 0 saturated carbocycles. The van der Waals surface area contributed by atoms with Gasteiger partial charge in [0.2, 0.25) is 5.88 Å². The number of hydrogen-bond donors (Lipinski definition) is 0. The third-order valence-corrected chi connectivity index (χ3v) is 3.21. The fourth-order valence-corrected chi connectivity index (χ4v) is 1.61. The van der Waals surface area contributed by atoms with Gasteiger partial charge < -0.3 is 4.74 Å². The Balaban J connectivity index is 3.19. The number of aromatic nitrogens is 1. The number of nitrogens with zero attached hydrogens (tertiary/aromatic N) is 2. The minimum absolute atomic E-state index is 0.167. The van der Waals surface area contributed by atoms with Crippen molar-refractivity contribution in [3.63, 3.8) is 0 Å². The van der Waals surface area contributed by atoms with Gasteiger partial charge in [-0.2, -0.15) is 5.26 Å². The summed E-state index contributed by atoms with van der Waals surface area (Å²) in [5.74, 6) is -0.552. The zero-order valence-corrected chi connectivity index (χ0v) is 10.3. The number of alkyl halides is 3. The summed E-state index contributed by atoms with van der Waals surface area (Å²) >= 11 is 1.87. The predicted octanol–water partition coefficient (Wildman–Crippen LogP) is 2.96. The summed E-state index contributed by atoms with van der Waals surface area (Å²) < 4.78 is 40.5. The van der Waals surface area contributed by atoms with E-state index in [0.717, 1.165) is 0 Å². The van der Waals surface area contributed by atoms with Crippen molar-refractivity contribution in [2.75, 3.05) is 0 Å². The molecule has 0 radical (unpaired) electrons. The largest absolute Gasteiger partial charge is 0.574 e. The fourth-order valence-electron chi connectivity index (χ4n) is 1.05. The summed E-state index contributed by atoms with van der Waals surface area (Å²) in [4.78, 5) is 3.54. The third kappa shape index (κ3) is 3.23. The number of ether oxygens (including phenoxy) is 1. The molecule has 0 bridgehead atoms. The molecule has 0 spiro atoms. The van der Waals surface area contributed by atoms with Crippen LogP contribution in [0.3, 0.4) is 0 Å². The van der Waals surface area contributed by atoms with Crippen molar-refractivity contribution in [1.82, 2.24) is 4.98 Å². The van der Waals surface area contributed by atoms with Crippen molar-refractivity contribution in [3.05, 3.63) is 20.9 Å². The molecule has 0 unspecified atom stereocenters. The maximum absolute atomic E-state index is 12.0. The van der Waals surface area contributed by atoms with Gasteiger partial charge >= 0.3 is 6.36 Å². The summed E-state index contributed by atoms with van der Waals surface area (Å²) in [5, 5.41) is 8.54. The average molecular weight is 342 g/mol. The number of aryl methyl sites for hydroxylation is 1. The van der Waals surface area contributed by atoms with Crippen molar-refractivity contribution < 1.29 is 17.9 Å². The Labute approximate surface area is 103 Å². The molecule has 1 rings (SSSR count). The van der Waals surface area contributed by atoms with Gasteiger partial charge in [0.15, 0.2) is 0 Å². The minimum atomic E-state index is -4.80. The molecule has 0 N–H and O–H groups in total. The lowest BCUT2D eigenvalue weighted by atomic mass is 10.1. The smallest absolute Gasteiger partial charge is 0.388 e. The van der Waals surface area contributed by atoms with E-state index in [4.69, 9.17) is 5.26 Å². The van der Waals surface area contributed by atoms with E-state index in [2.05, 4.69) is 9.72 Å². The molecule has 0 aliphatic rings. The van der Waals surface area contributed by atoms with Gasteiger partial charge in [-0.1, -0.05) is 0 Å².